The van der Waals surface area contributed by atoms with Crippen LogP contribution in [0.3, 0.4) is 0 Å². The number of amides is 1. The largest absolute Gasteiger partial charge is 0.298 e. The van der Waals surface area contributed by atoms with Gasteiger partial charge in [-0.25, -0.2) is 22.9 Å². The van der Waals surface area contributed by atoms with Gasteiger partial charge in [-0.05, 0) is 25.1 Å². The minimum atomic E-state index is -3.89. The van der Waals surface area contributed by atoms with Gasteiger partial charge in [0.25, 0.3) is 5.91 Å². The lowest BCUT2D eigenvalue weighted by Crippen LogP contribution is -2.12. The molecule has 0 aliphatic rings. The molecule has 0 unspecified atom stereocenters. The summed E-state index contributed by atoms with van der Waals surface area (Å²) in [7, 11) is -3.89. The Morgan fingerprint density at radius 3 is 2.67 bits per heavy atom. The third-order valence-electron chi connectivity index (χ3n) is 2.41. The number of hydrogen-bond donors (Lipinski definition) is 2. The number of aryl methyl sites for hydroxylation is 1. The number of anilines is 1. The highest BCUT2D eigenvalue weighted by Gasteiger charge is 2.19. The maximum atomic E-state index is 13.0. The molecule has 3 N–H and O–H groups in total. The first-order chi connectivity index (χ1) is 9.68. The van der Waals surface area contributed by atoms with E-state index >= 15 is 0 Å². The first kappa shape index (κ1) is 15.8. The third kappa shape index (κ3) is 3.56. The van der Waals surface area contributed by atoms with Crippen molar-refractivity contribution in [3.05, 3.63) is 40.3 Å². The number of nitrogens with zero attached hydrogens (tertiary/aromatic N) is 1. The smallest absolute Gasteiger partial charge is 0.257 e. The van der Waals surface area contributed by atoms with E-state index in [-0.39, 0.29) is 25.6 Å². The van der Waals surface area contributed by atoms with Crippen molar-refractivity contribution in [2.24, 2.45) is 5.14 Å². The fourth-order valence-electron chi connectivity index (χ4n) is 1.51. The van der Waals surface area contributed by atoms with Crippen LogP contribution in [0.5, 0.6) is 0 Å². The SMILES string of the molecule is Cc1nc(NC(=O)c2ccc(F)c(Cl)c2)sc1S(N)(=O)=O. The molecule has 0 radical (unpaired) electrons. The predicted octanol–water partition coefficient (Wildman–Crippen LogP) is 2.14. The first-order valence-corrected chi connectivity index (χ1v) is 8.19. The average molecular weight is 350 g/mol. The molecule has 10 heteroatoms. The molecule has 21 heavy (non-hydrogen) atoms. The van der Waals surface area contributed by atoms with Crippen LogP contribution in [0.2, 0.25) is 5.02 Å². The number of thiazole rings is 1. The van der Waals surface area contributed by atoms with Gasteiger partial charge in [-0.3, -0.25) is 10.1 Å². The summed E-state index contributed by atoms with van der Waals surface area (Å²) < 4.78 is 35.5. The van der Waals surface area contributed by atoms with Gasteiger partial charge >= 0.3 is 0 Å². The second kappa shape index (κ2) is 5.68. The predicted molar refractivity (Wildman–Crippen MR) is 77.6 cm³/mol. The van der Waals surface area contributed by atoms with E-state index in [2.05, 4.69) is 10.3 Å². The van der Waals surface area contributed by atoms with E-state index in [0.717, 1.165) is 23.5 Å². The molecule has 0 saturated carbocycles. The van der Waals surface area contributed by atoms with Gasteiger partial charge < -0.3 is 0 Å². The van der Waals surface area contributed by atoms with Crippen molar-refractivity contribution >= 4 is 44.0 Å². The Bertz CT molecular complexity index is 820. The Labute approximate surface area is 128 Å². The lowest BCUT2D eigenvalue weighted by Gasteiger charge is -2.02. The lowest BCUT2D eigenvalue weighted by atomic mass is 10.2. The zero-order valence-electron chi connectivity index (χ0n) is 10.6. The number of carbonyl (C=O) groups excluding carboxylic acids is 1. The average Bonchev–Trinajstić information content (AvgIpc) is 2.73. The number of sulfonamides is 1. The van der Waals surface area contributed by atoms with Crippen LogP contribution in [0.15, 0.2) is 22.4 Å². The summed E-state index contributed by atoms with van der Waals surface area (Å²) >= 11 is 6.32. The van der Waals surface area contributed by atoms with Crippen molar-refractivity contribution in [1.82, 2.24) is 4.98 Å². The monoisotopic (exact) mass is 349 g/mol. The zero-order valence-corrected chi connectivity index (χ0v) is 12.9. The van der Waals surface area contributed by atoms with Gasteiger partial charge in [0, 0.05) is 5.56 Å². The van der Waals surface area contributed by atoms with Crippen molar-refractivity contribution in [2.45, 2.75) is 11.1 Å². The summed E-state index contributed by atoms with van der Waals surface area (Å²) in [5.74, 6) is -1.23. The van der Waals surface area contributed by atoms with E-state index in [4.69, 9.17) is 16.7 Å². The van der Waals surface area contributed by atoms with Crippen molar-refractivity contribution in [2.75, 3.05) is 5.32 Å². The summed E-state index contributed by atoms with van der Waals surface area (Å²) in [5, 5.41) is 7.31. The first-order valence-electron chi connectivity index (χ1n) is 5.45. The number of aromatic nitrogens is 1. The molecule has 1 heterocycles. The normalized spacial score (nSPS) is 11.4. The number of rotatable bonds is 3. The standard InChI is InChI=1S/C11H9ClFN3O3S2/c1-5-10(21(14,18)19)20-11(15-5)16-9(17)6-2-3-8(13)7(12)4-6/h2-4H,1H3,(H2,14,18,19)(H,15,16,17). The third-order valence-corrected chi connectivity index (χ3v) is 5.33. The highest BCUT2D eigenvalue weighted by molar-refractivity contribution is 7.91. The number of primary sulfonamides is 1. The minimum Gasteiger partial charge on any atom is -0.298 e. The van der Waals surface area contributed by atoms with Crippen molar-refractivity contribution in [3.63, 3.8) is 0 Å². The van der Waals surface area contributed by atoms with Gasteiger partial charge in [0.05, 0.1) is 10.7 Å². The van der Waals surface area contributed by atoms with E-state index in [1.165, 1.54) is 13.0 Å². The van der Waals surface area contributed by atoms with Crippen LogP contribution in [-0.4, -0.2) is 19.3 Å². The molecule has 1 amide bonds. The Balaban J connectivity index is 2.26. The van der Waals surface area contributed by atoms with Gasteiger partial charge in [-0.2, -0.15) is 0 Å². The molecule has 0 fully saturated rings. The summed E-state index contributed by atoms with van der Waals surface area (Å²) in [5.41, 5.74) is 0.307. The fraction of sp³-hybridized carbons (Fsp3) is 0.0909. The Hall–Kier alpha value is -1.55. The molecule has 112 valence electrons. The Morgan fingerprint density at radius 2 is 2.14 bits per heavy atom. The summed E-state index contributed by atoms with van der Waals surface area (Å²) in [6.07, 6.45) is 0. The molecular weight excluding hydrogens is 341 g/mol. The van der Waals surface area contributed by atoms with Crippen molar-refractivity contribution in [1.29, 1.82) is 0 Å². The van der Waals surface area contributed by atoms with Crippen molar-refractivity contribution in [3.8, 4) is 0 Å². The highest BCUT2D eigenvalue weighted by atomic mass is 35.5. The van der Waals surface area contributed by atoms with Gasteiger partial charge in [-0.15, -0.1) is 0 Å². The van der Waals surface area contributed by atoms with Crippen LogP contribution in [0, 0.1) is 12.7 Å². The topological polar surface area (TPSA) is 102 Å². The van der Waals surface area contributed by atoms with E-state index in [0.29, 0.717) is 0 Å². The fourth-order valence-corrected chi connectivity index (χ4v) is 3.54. The van der Waals surface area contributed by atoms with Crippen LogP contribution < -0.4 is 10.5 Å². The quantitative estimate of drug-likeness (QED) is 0.886. The molecule has 2 aromatic rings. The summed E-state index contributed by atoms with van der Waals surface area (Å²) in [6.45, 7) is 1.46. The number of nitrogens with one attached hydrogen (secondary N) is 1. The van der Waals surface area contributed by atoms with Crippen LogP contribution in [0.4, 0.5) is 9.52 Å². The maximum Gasteiger partial charge on any atom is 0.257 e. The van der Waals surface area contributed by atoms with Crippen LogP contribution >= 0.6 is 22.9 Å². The van der Waals surface area contributed by atoms with E-state index in [9.17, 15) is 17.6 Å². The number of halogens is 2. The van der Waals surface area contributed by atoms with E-state index in [1.807, 2.05) is 0 Å². The summed E-state index contributed by atoms with van der Waals surface area (Å²) in [6, 6.07) is 3.46. The number of benzene rings is 1. The molecule has 0 atom stereocenters. The highest BCUT2D eigenvalue weighted by Crippen LogP contribution is 2.26. The summed E-state index contributed by atoms with van der Waals surface area (Å²) in [4.78, 5) is 15.8. The van der Waals surface area contributed by atoms with E-state index < -0.39 is 21.7 Å². The van der Waals surface area contributed by atoms with E-state index in [1.54, 1.807) is 0 Å². The number of hydrogen-bond acceptors (Lipinski definition) is 5. The lowest BCUT2D eigenvalue weighted by molar-refractivity contribution is 0.102. The van der Waals surface area contributed by atoms with Crippen LogP contribution in [0.1, 0.15) is 16.1 Å². The number of nitrogens with two attached hydrogens (primary N) is 1. The Kier molecular flexibility index (Phi) is 4.28. The second-order valence-electron chi connectivity index (χ2n) is 4.02. The minimum absolute atomic E-state index is 0.0713. The molecular formula is C11H9ClFN3O3S2. The number of carbonyl (C=O) groups is 1. The Morgan fingerprint density at radius 1 is 1.48 bits per heavy atom. The molecule has 0 saturated heterocycles. The molecule has 0 aliphatic carbocycles. The molecule has 6 nitrogen and oxygen atoms in total. The maximum absolute atomic E-state index is 13.0. The van der Waals surface area contributed by atoms with Gasteiger partial charge in [0.15, 0.2) is 9.34 Å². The molecule has 1 aromatic carbocycles. The van der Waals surface area contributed by atoms with Crippen LogP contribution in [-0.2, 0) is 10.0 Å². The van der Waals surface area contributed by atoms with Gasteiger partial charge in [0.2, 0.25) is 10.0 Å². The van der Waals surface area contributed by atoms with Gasteiger partial charge in [0.1, 0.15) is 5.82 Å². The molecule has 0 spiro atoms. The van der Waals surface area contributed by atoms with Crippen LogP contribution in [0.25, 0.3) is 0 Å². The van der Waals surface area contributed by atoms with Gasteiger partial charge in [-0.1, -0.05) is 22.9 Å². The molecule has 1 aromatic heterocycles. The van der Waals surface area contributed by atoms with Crippen molar-refractivity contribution < 1.29 is 17.6 Å². The molecule has 0 bridgehead atoms. The molecule has 2 rings (SSSR count). The zero-order chi connectivity index (χ0) is 15.8. The molecule has 0 aliphatic heterocycles. The second-order valence-corrected chi connectivity index (χ2v) is 7.18.